The van der Waals surface area contributed by atoms with Gasteiger partial charge in [-0.2, -0.15) is 0 Å². The zero-order chi connectivity index (χ0) is 10.6. The predicted molar refractivity (Wildman–Crippen MR) is 56.8 cm³/mol. The molecule has 1 aromatic rings. The van der Waals surface area contributed by atoms with Gasteiger partial charge in [0.05, 0.1) is 0 Å². The lowest BCUT2D eigenvalue weighted by Gasteiger charge is -1.93. The van der Waals surface area contributed by atoms with Gasteiger partial charge in [-0.15, -0.1) is 4.99 Å². The van der Waals surface area contributed by atoms with E-state index in [9.17, 15) is 0 Å². The van der Waals surface area contributed by atoms with Crippen molar-refractivity contribution in [1.82, 2.24) is 0 Å². The highest BCUT2D eigenvalue weighted by atomic mass is 35.5. The highest BCUT2D eigenvalue weighted by Crippen LogP contribution is 2.11. The quantitative estimate of drug-likeness (QED) is 0.286. The van der Waals surface area contributed by atoms with Crippen molar-refractivity contribution in [3.8, 4) is 0 Å². The lowest BCUT2D eigenvalue weighted by Crippen LogP contribution is -3.00. The summed E-state index contributed by atoms with van der Waals surface area (Å²) in [6.45, 7) is 2.00. The number of rotatable bonds is 1. The van der Waals surface area contributed by atoms with E-state index in [4.69, 9.17) is 17.2 Å². The Kier molecular flexibility index (Phi) is 5.19. The molecule has 6 heteroatoms. The van der Waals surface area contributed by atoms with Gasteiger partial charge in [0, 0.05) is 0 Å². The van der Waals surface area contributed by atoms with E-state index < -0.39 is 0 Å². The minimum Gasteiger partial charge on any atom is -1.00 e. The molecular formula is C9H14ClN5. The lowest BCUT2D eigenvalue weighted by molar-refractivity contribution is -0.320. The fourth-order valence-corrected chi connectivity index (χ4v) is 0.934. The summed E-state index contributed by atoms with van der Waals surface area (Å²) in [7, 11) is 0. The molecule has 0 aliphatic rings. The fraction of sp³-hybridized carbons (Fsp3) is 0.111. The van der Waals surface area contributed by atoms with Gasteiger partial charge in [-0.1, -0.05) is 17.7 Å². The first-order valence-corrected chi connectivity index (χ1v) is 4.13. The summed E-state index contributed by atoms with van der Waals surface area (Å²) in [5.74, 6) is 0.201. The second kappa shape index (κ2) is 5.87. The first-order valence-electron chi connectivity index (χ1n) is 4.13. The molecule has 5 nitrogen and oxygen atoms in total. The van der Waals surface area contributed by atoms with Gasteiger partial charge < -0.3 is 29.6 Å². The van der Waals surface area contributed by atoms with Crippen molar-refractivity contribution in [1.29, 1.82) is 0 Å². The normalized spacial score (nSPS) is 10.3. The SMILES string of the molecule is Cc1ccc(N=C(N)[NH+]=C(N)N)cc1.[Cl-]. The summed E-state index contributed by atoms with van der Waals surface area (Å²) in [6.07, 6.45) is 0. The van der Waals surface area contributed by atoms with E-state index in [1.807, 2.05) is 31.2 Å². The number of aliphatic imine (C=N–C) groups is 1. The van der Waals surface area contributed by atoms with Gasteiger partial charge >= 0.3 is 5.96 Å². The molecule has 0 atom stereocenters. The van der Waals surface area contributed by atoms with E-state index in [-0.39, 0.29) is 24.3 Å². The van der Waals surface area contributed by atoms with Gasteiger partial charge in [0.15, 0.2) is 0 Å². The highest BCUT2D eigenvalue weighted by Gasteiger charge is 1.96. The second-order valence-electron chi connectivity index (χ2n) is 2.91. The average Bonchev–Trinajstić information content (AvgIpc) is 2.07. The Bertz CT molecular complexity index is 365. The molecule has 82 valence electrons. The van der Waals surface area contributed by atoms with Crippen LogP contribution in [-0.2, 0) is 0 Å². The van der Waals surface area contributed by atoms with E-state index in [1.165, 1.54) is 5.56 Å². The van der Waals surface area contributed by atoms with E-state index in [2.05, 4.69) is 9.98 Å². The van der Waals surface area contributed by atoms with Crippen molar-refractivity contribution in [2.45, 2.75) is 6.92 Å². The summed E-state index contributed by atoms with van der Waals surface area (Å²) in [4.78, 5) is 6.55. The number of aryl methyl sites for hydroxylation is 1. The molecule has 0 fully saturated rings. The number of guanidine groups is 2. The number of hydrogen-bond acceptors (Lipinski definition) is 1. The van der Waals surface area contributed by atoms with Crippen LogP contribution < -0.4 is 34.6 Å². The van der Waals surface area contributed by atoms with Crippen molar-refractivity contribution < 1.29 is 17.4 Å². The molecule has 0 aliphatic carbocycles. The minimum absolute atomic E-state index is 0. The van der Waals surface area contributed by atoms with E-state index in [0.717, 1.165) is 5.69 Å². The molecule has 0 bridgehead atoms. The number of halogens is 1. The molecule has 0 amide bonds. The number of nitrogens with one attached hydrogen (secondary N) is 1. The van der Waals surface area contributed by atoms with E-state index >= 15 is 0 Å². The van der Waals surface area contributed by atoms with E-state index in [1.54, 1.807) is 0 Å². The van der Waals surface area contributed by atoms with Crippen LogP contribution in [0.3, 0.4) is 0 Å². The molecule has 1 aromatic carbocycles. The van der Waals surface area contributed by atoms with Crippen LogP contribution in [0.4, 0.5) is 5.69 Å². The van der Waals surface area contributed by atoms with Crippen LogP contribution in [0.5, 0.6) is 0 Å². The standard InChI is InChI=1S/C9H13N5.ClH/c1-6-2-4-7(5-3-6)13-9(12)14-8(10)11;/h2-5H,1H3,(H6,10,11,12,13,14);1H. The van der Waals surface area contributed by atoms with Gasteiger partial charge in [-0.05, 0) is 19.1 Å². The van der Waals surface area contributed by atoms with Crippen LogP contribution in [0, 0.1) is 6.92 Å². The molecule has 0 saturated heterocycles. The van der Waals surface area contributed by atoms with Gasteiger partial charge in [0.2, 0.25) is 0 Å². The van der Waals surface area contributed by atoms with Crippen LogP contribution in [0.25, 0.3) is 0 Å². The lowest BCUT2D eigenvalue weighted by atomic mass is 10.2. The molecule has 0 aliphatic heterocycles. The molecule has 0 spiro atoms. The topological polar surface area (TPSA) is 104 Å². The summed E-state index contributed by atoms with van der Waals surface area (Å²) < 4.78 is 0. The summed E-state index contributed by atoms with van der Waals surface area (Å²) in [6, 6.07) is 7.61. The number of benzene rings is 1. The van der Waals surface area contributed by atoms with Crippen LogP contribution >= 0.6 is 0 Å². The van der Waals surface area contributed by atoms with E-state index in [0.29, 0.717) is 0 Å². The molecule has 15 heavy (non-hydrogen) atoms. The molecule has 0 saturated carbocycles. The first-order chi connectivity index (χ1) is 6.58. The highest BCUT2D eigenvalue weighted by molar-refractivity contribution is 5.79. The van der Waals surface area contributed by atoms with Gasteiger partial charge in [0.1, 0.15) is 5.69 Å². The maximum Gasteiger partial charge on any atom is 0.316 e. The van der Waals surface area contributed by atoms with Gasteiger partial charge in [-0.25, -0.2) is 4.99 Å². The van der Waals surface area contributed by atoms with Crippen LogP contribution in [0.15, 0.2) is 29.3 Å². The fourth-order valence-electron chi connectivity index (χ4n) is 0.934. The minimum atomic E-state index is 0. The van der Waals surface area contributed by atoms with Gasteiger partial charge in [-0.3, -0.25) is 0 Å². The van der Waals surface area contributed by atoms with Crippen molar-refractivity contribution in [2.24, 2.45) is 22.2 Å². The number of nitrogens with two attached hydrogens (primary N) is 3. The monoisotopic (exact) mass is 227 g/mol. The summed E-state index contributed by atoms with van der Waals surface area (Å²) in [5, 5.41) is 0. The molecule has 7 N–H and O–H groups in total. The average molecular weight is 228 g/mol. The Morgan fingerprint density at radius 3 is 2.13 bits per heavy atom. The molecule has 0 heterocycles. The van der Waals surface area contributed by atoms with Crippen LogP contribution in [0.2, 0.25) is 0 Å². The molecule has 0 aromatic heterocycles. The Hall–Kier alpha value is -1.75. The van der Waals surface area contributed by atoms with Crippen molar-refractivity contribution in [2.75, 3.05) is 0 Å². The molecule has 0 radical (unpaired) electrons. The smallest absolute Gasteiger partial charge is 0.316 e. The summed E-state index contributed by atoms with van der Waals surface area (Å²) in [5.41, 5.74) is 17.8. The third-order valence-electron chi connectivity index (χ3n) is 1.56. The Balaban J connectivity index is 0.00000196. The predicted octanol–water partition coefficient (Wildman–Crippen LogP) is -4.70. The first kappa shape index (κ1) is 13.2. The number of hydrogen-bond donors (Lipinski definition) is 4. The largest absolute Gasteiger partial charge is 1.00 e. The van der Waals surface area contributed by atoms with Crippen molar-refractivity contribution in [3.63, 3.8) is 0 Å². The Labute approximate surface area is 94.5 Å². The molecule has 0 unspecified atom stereocenters. The Morgan fingerprint density at radius 1 is 1.13 bits per heavy atom. The summed E-state index contributed by atoms with van der Waals surface area (Å²) >= 11 is 0. The van der Waals surface area contributed by atoms with Crippen molar-refractivity contribution in [3.05, 3.63) is 29.8 Å². The Morgan fingerprint density at radius 2 is 1.67 bits per heavy atom. The van der Waals surface area contributed by atoms with Crippen LogP contribution in [-0.4, -0.2) is 11.9 Å². The zero-order valence-electron chi connectivity index (χ0n) is 8.37. The third-order valence-corrected chi connectivity index (χ3v) is 1.56. The molecule has 1 rings (SSSR count). The molecular weight excluding hydrogens is 214 g/mol. The van der Waals surface area contributed by atoms with Crippen molar-refractivity contribution >= 4 is 17.6 Å². The third kappa shape index (κ3) is 4.87. The maximum absolute atomic E-state index is 5.50. The number of nitrogens with zero attached hydrogens (tertiary/aromatic N) is 1. The zero-order valence-corrected chi connectivity index (χ0v) is 9.12. The van der Waals surface area contributed by atoms with Gasteiger partial charge in [0.25, 0.3) is 5.96 Å². The maximum atomic E-state index is 5.50. The second-order valence-corrected chi connectivity index (χ2v) is 2.91. The van der Waals surface area contributed by atoms with Crippen LogP contribution in [0.1, 0.15) is 5.56 Å².